The number of hydrogen-bond acceptors (Lipinski definition) is 5. The van der Waals surface area contributed by atoms with Crippen molar-refractivity contribution in [1.29, 1.82) is 0 Å². The zero-order valence-electron chi connectivity index (χ0n) is 10.3. The Balaban J connectivity index is 2.05. The fourth-order valence-electron chi connectivity index (χ4n) is 1.45. The van der Waals surface area contributed by atoms with Gasteiger partial charge in [-0.2, -0.15) is 5.10 Å². The molecule has 1 unspecified atom stereocenters. The molecule has 0 saturated carbocycles. The monoisotopic (exact) mass is 248 g/mol. The molecule has 0 aliphatic carbocycles. The van der Waals surface area contributed by atoms with E-state index in [2.05, 4.69) is 34.3 Å². The minimum atomic E-state index is 0.164. The summed E-state index contributed by atoms with van der Waals surface area (Å²) in [5.41, 5.74) is 0.922. The fourth-order valence-corrected chi connectivity index (χ4v) is 2.31. The fraction of sp³-hybridized carbons (Fsp3) is 0.417. The van der Waals surface area contributed by atoms with Crippen LogP contribution in [-0.2, 0) is 6.42 Å². The lowest BCUT2D eigenvalue weighted by Crippen LogP contribution is -2.08. The summed E-state index contributed by atoms with van der Waals surface area (Å²) in [6.45, 7) is 6.15. The predicted octanol–water partition coefficient (Wildman–Crippen LogP) is 2.98. The molecule has 0 radical (unpaired) electrons. The first-order valence-electron chi connectivity index (χ1n) is 5.70. The molecule has 0 spiro atoms. The van der Waals surface area contributed by atoms with Crippen LogP contribution in [0.2, 0.25) is 0 Å². The zero-order chi connectivity index (χ0) is 12.3. The van der Waals surface area contributed by atoms with Crippen molar-refractivity contribution in [2.24, 2.45) is 0 Å². The zero-order valence-corrected chi connectivity index (χ0v) is 11.1. The van der Waals surface area contributed by atoms with Gasteiger partial charge in [-0.15, -0.1) is 16.4 Å². The van der Waals surface area contributed by atoms with Gasteiger partial charge >= 0.3 is 0 Å². The van der Waals surface area contributed by atoms with Crippen molar-refractivity contribution in [3.8, 4) is 0 Å². The second-order valence-corrected chi connectivity index (χ2v) is 5.09. The molecule has 1 atom stereocenters. The lowest BCUT2D eigenvalue weighted by atomic mass is 10.3. The lowest BCUT2D eigenvalue weighted by Gasteiger charge is -2.10. The van der Waals surface area contributed by atoms with E-state index in [9.17, 15) is 0 Å². The van der Waals surface area contributed by atoms with Crippen molar-refractivity contribution < 1.29 is 0 Å². The largest absolute Gasteiger partial charge is 0.360 e. The second-order valence-electron chi connectivity index (χ2n) is 3.94. The van der Waals surface area contributed by atoms with E-state index < -0.39 is 0 Å². The predicted molar refractivity (Wildman–Crippen MR) is 70.3 cm³/mol. The summed E-state index contributed by atoms with van der Waals surface area (Å²) >= 11 is 1.74. The van der Waals surface area contributed by atoms with Crippen LogP contribution in [0.4, 0.5) is 5.82 Å². The van der Waals surface area contributed by atoms with Crippen LogP contribution in [0.25, 0.3) is 0 Å². The third kappa shape index (κ3) is 3.00. The normalized spacial score (nSPS) is 12.4. The van der Waals surface area contributed by atoms with Gasteiger partial charge in [0.2, 0.25) is 0 Å². The first-order valence-corrected chi connectivity index (χ1v) is 6.52. The van der Waals surface area contributed by atoms with E-state index in [0.29, 0.717) is 0 Å². The molecule has 4 nitrogen and oxygen atoms in total. The summed E-state index contributed by atoms with van der Waals surface area (Å²) in [5.74, 6) is 0.788. The standard InChI is InChI=1S/C12H16N4S/c1-4-10-7-13-12(17-10)9(3)14-11-6-5-8(2)15-16-11/h5-7,9H,4H2,1-3H3,(H,14,16). The van der Waals surface area contributed by atoms with Gasteiger partial charge in [-0.25, -0.2) is 4.98 Å². The smallest absolute Gasteiger partial charge is 0.149 e. The molecular weight excluding hydrogens is 232 g/mol. The number of anilines is 1. The van der Waals surface area contributed by atoms with Crippen LogP contribution in [-0.4, -0.2) is 15.2 Å². The summed E-state index contributed by atoms with van der Waals surface area (Å²) in [6.07, 6.45) is 2.98. The topological polar surface area (TPSA) is 50.7 Å². The summed E-state index contributed by atoms with van der Waals surface area (Å²) in [4.78, 5) is 5.72. The van der Waals surface area contributed by atoms with Gasteiger partial charge in [0.05, 0.1) is 11.7 Å². The Labute approximate surface area is 105 Å². The van der Waals surface area contributed by atoms with E-state index in [1.54, 1.807) is 11.3 Å². The Morgan fingerprint density at radius 3 is 2.76 bits per heavy atom. The minimum absolute atomic E-state index is 0.164. The summed E-state index contributed by atoms with van der Waals surface area (Å²) in [6, 6.07) is 4.05. The Bertz CT molecular complexity index is 478. The molecule has 90 valence electrons. The number of aromatic nitrogens is 3. The van der Waals surface area contributed by atoms with E-state index in [4.69, 9.17) is 0 Å². The van der Waals surface area contributed by atoms with E-state index in [1.165, 1.54) is 4.88 Å². The molecule has 17 heavy (non-hydrogen) atoms. The van der Waals surface area contributed by atoms with Gasteiger partial charge < -0.3 is 5.32 Å². The van der Waals surface area contributed by atoms with E-state index in [0.717, 1.165) is 22.9 Å². The third-order valence-corrected chi connectivity index (χ3v) is 3.78. The number of aryl methyl sites for hydroxylation is 2. The van der Waals surface area contributed by atoms with Gasteiger partial charge in [0.15, 0.2) is 0 Å². The molecule has 2 heterocycles. The average molecular weight is 248 g/mol. The van der Waals surface area contributed by atoms with Gasteiger partial charge in [-0.05, 0) is 32.4 Å². The first kappa shape index (κ1) is 12.0. The molecule has 0 aliphatic rings. The van der Waals surface area contributed by atoms with Crippen molar-refractivity contribution in [2.45, 2.75) is 33.2 Å². The highest BCUT2D eigenvalue weighted by Gasteiger charge is 2.10. The van der Waals surface area contributed by atoms with Crippen LogP contribution in [0.5, 0.6) is 0 Å². The Morgan fingerprint density at radius 2 is 2.18 bits per heavy atom. The summed E-state index contributed by atoms with van der Waals surface area (Å²) in [7, 11) is 0. The van der Waals surface area contributed by atoms with Crippen molar-refractivity contribution in [2.75, 3.05) is 5.32 Å². The van der Waals surface area contributed by atoms with E-state index >= 15 is 0 Å². The molecule has 5 heteroatoms. The van der Waals surface area contributed by atoms with Gasteiger partial charge in [0.25, 0.3) is 0 Å². The van der Waals surface area contributed by atoms with Crippen molar-refractivity contribution in [1.82, 2.24) is 15.2 Å². The molecule has 2 aromatic heterocycles. The van der Waals surface area contributed by atoms with Crippen LogP contribution in [0.3, 0.4) is 0 Å². The Hall–Kier alpha value is -1.49. The Morgan fingerprint density at radius 1 is 1.35 bits per heavy atom. The van der Waals surface area contributed by atoms with Crippen molar-refractivity contribution in [3.63, 3.8) is 0 Å². The molecule has 0 amide bonds. The maximum Gasteiger partial charge on any atom is 0.149 e. The highest BCUT2D eigenvalue weighted by molar-refractivity contribution is 7.11. The number of hydrogen-bond donors (Lipinski definition) is 1. The average Bonchev–Trinajstić information content (AvgIpc) is 2.81. The molecule has 0 aromatic carbocycles. The summed E-state index contributed by atoms with van der Waals surface area (Å²) < 4.78 is 0. The van der Waals surface area contributed by atoms with Gasteiger partial charge in [0.1, 0.15) is 10.8 Å². The third-order valence-electron chi connectivity index (χ3n) is 2.45. The maximum absolute atomic E-state index is 4.41. The molecule has 0 fully saturated rings. The number of rotatable bonds is 4. The van der Waals surface area contributed by atoms with Gasteiger partial charge in [-0.3, -0.25) is 0 Å². The highest BCUT2D eigenvalue weighted by atomic mass is 32.1. The van der Waals surface area contributed by atoms with Crippen LogP contribution < -0.4 is 5.32 Å². The van der Waals surface area contributed by atoms with Crippen LogP contribution in [0.15, 0.2) is 18.3 Å². The molecular formula is C12H16N4S. The molecule has 1 N–H and O–H groups in total. The quantitative estimate of drug-likeness (QED) is 0.903. The first-order chi connectivity index (χ1) is 8.19. The molecule has 0 aliphatic heterocycles. The van der Waals surface area contributed by atoms with Crippen LogP contribution in [0, 0.1) is 6.92 Å². The number of nitrogens with one attached hydrogen (secondary N) is 1. The van der Waals surface area contributed by atoms with Gasteiger partial charge in [-0.1, -0.05) is 6.92 Å². The minimum Gasteiger partial charge on any atom is -0.360 e. The van der Waals surface area contributed by atoms with Crippen molar-refractivity contribution >= 4 is 17.2 Å². The van der Waals surface area contributed by atoms with Crippen LogP contribution in [0.1, 0.15) is 35.5 Å². The molecule has 0 bridgehead atoms. The van der Waals surface area contributed by atoms with Crippen LogP contribution >= 0.6 is 11.3 Å². The molecule has 2 rings (SSSR count). The number of nitrogens with zero attached hydrogens (tertiary/aromatic N) is 3. The molecule has 0 saturated heterocycles. The molecule has 2 aromatic rings. The second kappa shape index (κ2) is 5.23. The SMILES string of the molecule is CCc1cnc(C(C)Nc2ccc(C)nn2)s1. The number of thiazole rings is 1. The van der Waals surface area contributed by atoms with Gasteiger partial charge in [0, 0.05) is 11.1 Å². The lowest BCUT2D eigenvalue weighted by molar-refractivity contribution is 0.844. The summed E-state index contributed by atoms with van der Waals surface area (Å²) in [5, 5.41) is 12.5. The van der Waals surface area contributed by atoms with E-state index in [-0.39, 0.29) is 6.04 Å². The Kier molecular flexibility index (Phi) is 3.68. The van der Waals surface area contributed by atoms with E-state index in [1.807, 2.05) is 25.3 Å². The highest BCUT2D eigenvalue weighted by Crippen LogP contribution is 2.22. The maximum atomic E-state index is 4.41. The van der Waals surface area contributed by atoms with Crippen molar-refractivity contribution in [3.05, 3.63) is 33.9 Å².